The highest BCUT2D eigenvalue weighted by molar-refractivity contribution is 7.92. The predicted molar refractivity (Wildman–Crippen MR) is 171 cm³/mol. The van der Waals surface area contributed by atoms with Gasteiger partial charge in [-0.25, -0.2) is 17.9 Å². The molecule has 2 amide bonds. The van der Waals surface area contributed by atoms with Crippen LogP contribution in [0.4, 0.5) is 22.0 Å². The van der Waals surface area contributed by atoms with Crippen molar-refractivity contribution in [3.05, 3.63) is 90.6 Å². The maximum Gasteiger partial charge on any atom is 0.324 e. The van der Waals surface area contributed by atoms with Gasteiger partial charge in [-0.3, -0.25) is 14.9 Å². The minimum Gasteiger partial charge on any atom is -0.492 e. The molecule has 11 nitrogen and oxygen atoms in total. The fourth-order valence-corrected chi connectivity index (χ4v) is 5.61. The van der Waals surface area contributed by atoms with Crippen LogP contribution < -0.4 is 20.1 Å². The summed E-state index contributed by atoms with van der Waals surface area (Å²) in [7, 11) is -3.78. The third-order valence-corrected chi connectivity index (χ3v) is 8.43. The molecular weight excluding hydrogens is 580 g/mol. The lowest BCUT2D eigenvalue weighted by Crippen LogP contribution is -2.38. The molecule has 0 aliphatic carbocycles. The Morgan fingerprint density at radius 3 is 2.25 bits per heavy atom. The molecule has 1 aliphatic rings. The Morgan fingerprint density at radius 2 is 1.59 bits per heavy atom. The van der Waals surface area contributed by atoms with E-state index in [1.165, 1.54) is 12.1 Å². The number of nitrogens with one attached hydrogen (secondary N) is 3. The largest absolute Gasteiger partial charge is 0.492 e. The van der Waals surface area contributed by atoms with E-state index in [1.54, 1.807) is 53.2 Å². The summed E-state index contributed by atoms with van der Waals surface area (Å²) in [6, 6.07) is 23.6. The summed E-state index contributed by atoms with van der Waals surface area (Å²) < 4.78 is 41.2. The van der Waals surface area contributed by atoms with Gasteiger partial charge in [0.25, 0.3) is 10.0 Å². The number of para-hydroxylation sites is 1. The van der Waals surface area contributed by atoms with E-state index in [2.05, 4.69) is 20.3 Å². The van der Waals surface area contributed by atoms with Gasteiger partial charge in [0.15, 0.2) is 0 Å². The Balaban J connectivity index is 1.24. The van der Waals surface area contributed by atoms with Gasteiger partial charge >= 0.3 is 6.03 Å². The Morgan fingerprint density at radius 1 is 0.909 bits per heavy atom. The van der Waals surface area contributed by atoms with Crippen molar-refractivity contribution in [2.45, 2.75) is 31.1 Å². The molecule has 0 bridgehead atoms. The molecule has 5 rings (SSSR count). The second kappa shape index (κ2) is 13.5. The first-order valence-electron chi connectivity index (χ1n) is 14.5. The SMILES string of the molecule is CC(C)(C)c1cc(NC(=O)Nc2ccc(OCCN3CCOCC3)cc2)n(-c2ccc(S(=O)(=O)Nc3ccccc3)cc2)n1. The first-order valence-corrected chi connectivity index (χ1v) is 15.9. The predicted octanol–water partition coefficient (Wildman–Crippen LogP) is 5.33. The number of ether oxygens (including phenoxy) is 2. The van der Waals surface area contributed by atoms with Crippen LogP contribution in [-0.4, -0.2) is 68.6 Å². The van der Waals surface area contributed by atoms with Crippen LogP contribution in [0.25, 0.3) is 5.69 Å². The van der Waals surface area contributed by atoms with Gasteiger partial charge in [0.1, 0.15) is 18.2 Å². The Bertz CT molecular complexity index is 1640. The summed E-state index contributed by atoms with van der Waals surface area (Å²) in [6.45, 7) is 10.8. The van der Waals surface area contributed by atoms with Gasteiger partial charge in [0, 0.05) is 42.5 Å². The molecule has 1 fully saturated rings. The number of morpholine rings is 1. The van der Waals surface area contributed by atoms with E-state index in [0.717, 1.165) is 44.3 Å². The molecule has 1 aliphatic heterocycles. The molecule has 12 heteroatoms. The maximum atomic E-state index is 13.0. The maximum absolute atomic E-state index is 13.0. The molecule has 2 heterocycles. The number of carbonyl (C=O) groups excluding carboxylic acids is 1. The van der Waals surface area contributed by atoms with E-state index in [0.29, 0.717) is 29.5 Å². The highest BCUT2D eigenvalue weighted by Crippen LogP contribution is 2.27. The van der Waals surface area contributed by atoms with Gasteiger partial charge in [0.2, 0.25) is 0 Å². The fraction of sp³-hybridized carbons (Fsp3) is 0.312. The summed E-state index contributed by atoms with van der Waals surface area (Å²) >= 11 is 0. The normalized spacial score (nSPS) is 14.2. The zero-order chi connectivity index (χ0) is 31.2. The number of aromatic nitrogens is 2. The van der Waals surface area contributed by atoms with Crippen LogP contribution in [-0.2, 0) is 20.2 Å². The molecule has 4 aromatic rings. The number of benzene rings is 3. The van der Waals surface area contributed by atoms with Gasteiger partial charge in [-0.1, -0.05) is 39.0 Å². The third kappa shape index (κ3) is 8.16. The van der Waals surface area contributed by atoms with Crippen molar-refractivity contribution in [3.8, 4) is 11.4 Å². The molecule has 1 saturated heterocycles. The van der Waals surface area contributed by atoms with Gasteiger partial charge < -0.3 is 14.8 Å². The number of carbonyl (C=O) groups is 1. The van der Waals surface area contributed by atoms with Gasteiger partial charge in [-0.2, -0.15) is 5.10 Å². The van der Waals surface area contributed by atoms with E-state index in [1.807, 2.05) is 45.0 Å². The number of amides is 2. The quantitative estimate of drug-likeness (QED) is 0.219. The summed E-state index contributed by atoms with van der Waals surface area (Å²) in [4.78, 5) is 15.4. The van der Waals surface area contributed by atoms with Crippen LogP contribution in [0.2, 0.25) is 0 Å². The van der Waals surface area contributed by atoms with Crippen LogP contribution in [0.5, 0.6) is 5.75 Å². The van der Waals surface area contributed by atoms with E-state index in [-0.39, 0.29) is 10.3 Å². The lowest BCUT2D eigenvalue weighted by Gasteiger charge is -2.26. The molecule has 0 saturated carbocycles. The van der Waals surface area contributed by atoms with Crippen molar-refractivity contribution in [3.63, 3.8) is 0 Å². The van der Waals surface area contributed by atoms with Crippen LogP contribution in [0.1, 0.15) is 26.5 Å². The topological polar surface area (TPSA) is 127 Å². The van der Waals surface area contributed by atoms with Crippen LogP contribution >= 0.6 is 0 Å². The summed E-state index contributed by atoms with van der Waals surface area (Å²) in [6.07, 6.45) is 0. The molecule has 44 heavy (non-hydrogen) atoms. The van der Waals surface area contributed by atoms with Crippen molar-refractivity contribution in [2.75, 3.05) is 54.8 Å². The molecule has 0 spiro atoms. The number of urea groups is 1. The van der Waals surface area contributed by atoms with Crippen molar-refractivity contribution < 1.29 is 22.7 Å². The minimum absolute atomic E-state index is 0.106. The zero-order valence-electron chi connectivity index (χ0n) is 25.1. The summed E-state index contributed by atoms with van der Waals surface area (Å²) in [5.41, 5.74) is 2.13. The average Bonchev–Trinajstić information content (AvgIpc) is 3.43. The van der Waals surface area contributed by atoms with E-state index < -0.39 is 16.1 Å². The molecular formula is C32H38N6O5S. The smallest absolute Gasteiger partial charge is 0.324 e. The van der Waals surface area contributed by atoms with Crippen molar-refractivity contribution in [1.29, 1.82) is 0 Å². The molecule has 232 valence electrons. The number of nitrogens with zero attached hydrogens (tertiary/aromatic N) is 3. The molecule has 3 aromatic carbocycles. The second-order valence-corrected chi connectivity index (χ2v) is 13.1. The molecule has 0 atom stereocenters. The van der Waals surface area contributed by atoms with Crippen molar-refractivity contribution >= 4 is 33.2 Å². The lowest BCUT2D eigenvalue weighted by atomic mass is 9.92. The van der Waals surface area contributed by atoms with E-state index in [4.69, 9.17) is 14.6 Å². The number of hydrogen-bond acceptors (Lipinski definition) is 7. The van der Waals surface area contributed by atoms with Gasteiger partial charge in [-0.15, -0.1) is 0 Å². The standard InChI is InChI=1S/C32H38N6O5S/c1-32(2,3)29-23-30(34-31(39)33-24-9-13-27(14-10-24)43-22-19-37-17-20-42-21-18-37)38(35-29)26-11-15-28(16-12-26)44(40,41)36-25-7-5-4-6-8-25/h4-16,23,36H,17-22H2,1-3H3,(H2,33,34,39). The van der Waals surface area contributed by atoms with Gasteiger partial charge in [-0.05, 0) is 60.7 Å². The number of hydrogen-bond donors (Lipinski definition) is 3. The zero-order valence-corrected chi connectivity index (χ0v) is 25.9. The minimum atomic E-state index is -3.78. The van der Waals surface area contributed by atoms with Crippen LogP contribution in [0, 0.1) is 0 Å². The molecule has 0 unspecified atom stereocenters. The van der Waals surface area contributed by atoms with Crippen LogP contribution in [0.15, 0.2) is 89.8 Å². The van der Waals surface area contributed by atoms with Crippen LogP contribution in [0.3, 0.4) is 0 Å². The summed E-state index contributed by atoms with van der Waals surface area (Å²) in [5, 5.41) is 10.5. The second-order valence-electron chi connectivity index (χ2n) is 11.4. The van der Waals surface area contributed by atoms with Crippen molar-refractivity contribution in [1.82, 2.24) is 14.7 Å². The highest BCUT2D eigenvalue weighted by Gasteiger charge is 2.22. The van der Waals surface area contributed by atoms with E-state index in [9.17, 15) is 13.2 Å². The molecule has 3 N–H and O–H groups in total. The number of sulfonamides is 1. The Kier molecular flexibility index (Phi) is 9.52. The van der Waals surface area contributed by atoms with E-state index >= 15 is 0 Å². The molecule has 0 radical (unpaired) electrons. The molecule has 1 aromatic heterocycles. The first-order chi connectivity index (χ1) is 21.1. The van der Waals surface area contributed by atoms with Gasteiger partial charge in [0.05, 0.1) is 29.5 Å². The highest BCUT2D eigenvalue weighted by atomic mass is 32.2. The number of anilines is 3. The Labute approximate surface area is 258 Å². The first kappa shape index (κ1) is 31.0. The third-order valence-electron chi connectivity index (χ3n) is 7.03. The fourth-order valence-electron chi connectivity index (χ4n) is 4.55. The lowest BCUT2D eigenvalue weighted by molar-refractivity contribution is 0.0322. The summed E-state index contributed by atoms with van der Waals surface area (Å²) in [5.74, 6) is 1.16. The number of rotatable bonds is 10. The monoisotopic (exact) mass is 618 g/mol. The average molecular weight is 619 g/mol. The Hall–Kier alpha value is -4.39. The van der Waals surface area contributed by atoms with Crippen molar-refractivity contribution in [2.24, 2.45) is 0 Å².